The van der Waals surface area contributed by atoms with Crippen LogP contribution >= 0.6 is 11.6 Å². The summed E-state index contributed by atoms with van der Waals surface area (Å²) in [6, 6.07) is 15.1. The fourth-order valence-corrected chi connectivity index (χ4v) is 3.65. The average Bonchev–Trinajstić information content (AvgIpc) is 3.27. The molecule has 4 N–H and O–H groups in total. The van der Waals surface area contributed by atoms with Crippen LogP contribution in [0, 0.1) is 5.41 Å². The molecule has 1 fully saturated rings. The van der Waals surface area contributed by atoms with Crippen LogP contribution in [0.4, 0.5) is 5.69 Å². The third-order valence-electron chi connectivity index (χ3n) is 5.09. The number of halogens is 1. The second kappa shape index (κ2) is 6.17. The molecule has 130 valence electrons. The molecule has 0 radical (unpaired) electrons. The second-order valence-electron chi connectivity index (χ2n) is 6.55. The fourth-order valence-electron chi connectivity index (χ4n) is 3.48. The normalized spacial score (nSPS) is 25.6. The minimum Gasteiger partial charge on any atom is -0.480 e. The van der Waals surface area contributed by atoms with E-state index >= 15 is 0 Å². The van der Waals surface area contributed by atoms with Gasteiger partial charge in [0.05, 0.1) is 0 Å². The summed E-state index contributed by atoms with van der Waals surface area (Å²) >= 11 is 5.92. The molecule has 4 rings (SSSR count). The van der Waals surface area contributed by atoms with Crippen LogP contribution in [0.15, 0.2) is 48.5 Å². The van der Waals surface area contributed by atoms with E-state index in [9.17, 15) is 14.7 Å². The summed E-state index contributed by atoms with van der Waals surface area (Å²) in [5.41, 5.74) is 6.06. The Morgan fingerprint density at radius 1 is 1.28 bits per heavy atom. The van der Waals surface area contributed by atoms with Gasteiger partial charge in [0.15, 0.2) is 5.41 Å². The van der Waals surface area contributed by atoms with Crippen LogP contribution < -0.4 is 11.1 Å². The minimum atomic E-state index is -1.31. The molecule has 0 aromatic heterocycles. The maximum absolute atomic E-state index is 11.9. The standard InChI is InChI=1S/C12H10ClNO3.C7H9N/c1-11-5-12(11,10(16)17)9(15)14-8-3-2-6(13)4-7(8)11;8-6-7-4-2-1-3-5-7/h2-4H,5H2,1H3,(H,14,15)(H,16,17);1-5H,6,8H2. The van der Waals surface area contributed by atoms with Gasteiger partial charge >= 0.3 is 5.97 Å². The number of hydrogen-bond acceptors (Lipinski definition) is 3. The summed E-state index contributed by atoms with van der Waals surface area (Å²) in [6.45, 7) is 2.44. The molecule has 1 amide bonds. The van der Waals surface area contributed by atoms with Gasteiger partial charge in [-0.25, -0.2) is 0 Å². The Morgan fingerprint density at radius 3 is 2.52 bits per heavy atom. The molecule has 1 heterocycles. The van der Waals surface area contributed by atoms with Gasteiger partial charge in [-0.05, 0) is 35.7 Å². The summed E-state index contributed by atoms with van der Waals surface area (Å²) < 4.78 is 0. The highest BCUT2D eigenvalue weighted by Crippen LogP contribution is 2.68. The zero-order chi connectivity index (χ0) is 18.2. The SMILES string of the molecule is CC12CC1(C(=O)O)C(=O)Nc1ccc(Cl)cc12.NCc1ccccc1. The van der Waals surface area contributed by atoms with Crippen LogP contribution in [-0.2, 0) is 21.5 Å². The summed E-state index contributed by atoms with van der Waals surface area (Å²) in [5.74, 6) is -1.49. The number of carbonyl (C=O) groups excluding carboxylic acids is 1. The molecule has 6 heteroatoms. The van der Waals surface area contributed by atoms with E-state index < -0.39 is 22.7 Å². The molecule has 1 aliphatic heterocycles. The Morgan fingerprint density at radius 2 is 1.96 bits per heavy atom. The molecule has 1 aliphatic carbocycles. The maximum Gasteiger partial charge on any atom is 0.320 e. The van der Waals surface area contributed by atoms with E-state index in [0.717, 1.165) is 5.56 Å². The van der Waals surface area contributed by atoms with Gasteiger partial charge in [-0.2, -0.15) is 0 Å². The number of hydrogen-bond donors (Lipinski definition) is 3. The highest BCUT2D eigenvalue weighted by Gasteiger charge is 2.77. The highest BCUT2D eigenvalue weighted by atomic mass is 35.5. The lowest BCUT2D eigenvalue weighted by molar-refractivity contribution is -0.148. The van der Waals surface area contributed by atoms with Crippen molar-refractivity contribution in [3.05, 3.63) is 64.7 Å². The first-order valence-corrected chi connectivity index (χ1v) is 8.32. The number of fused-ring (bicyclic) bond motifs is 3. The molecule has 0 saturated heterocycles. The van der Waals surface area contributed by atoms with E-state index in [0.29, 0.717) is 23.7 Å². The van der Waals surface area contributed by atoms with E-state index in [1.807, 2.05) is 30.3 Å². The number of aliphatic carboxylic acids is 1. The average molecular weight is 359 g/mol. The summed E-state index contributed by atoms with van der Waals surface area (Å²) in [6.07, 6.45) is 0.328. The van der Waals surface area contributed by atoms with E-state index in [1.165, 1.54) is 5.56 Å². The molecule has 0 bridgehead atoms. The van der Waals surface area contributed by atoms with Crippen molar-refractivity contribution < 1.29 is 14.7 Å². The van der Waals surface area contributed by atoms with Gasteiger partial charge in [0, 0.05) is 22.7 Å². The van der Waals surface area contributed by atoms with Crippen molar-refractivity contribution >= 4 is 29.2 Å². The smallest absolute Gasteiger partial charge is 0.320 e. The first-order chi connectivity index (χ1) is 11.8. The summed E-state index contributed by atoms with van der Waals surface area (Å²) in [5, 5.41) is 12.5. The van der Waals surface area contributed by atoms with Gasteiger partial charge in [-0.3, -0.25) is 9.59 Å². The number of carbonyl (C=O) groups is 2. The minimum absolute atomic E-state index is 0.328. The Bertz CT molecular complexity index is 840. The van der Waals surface area contributed by atoms with Crippen LogP contribution in [0.2, 0.25) is 5.02 Å². The lowest BCUT2D eigenvalue weighted by Crippen LogP contribution is -2.41. The molecule has 2 unspecified atom stereocenters. The van der Waals surface area contributed by atoms with Crippen molar-refractivity contribution in [1.29, 1.82) is 0 Å². The van der Waals surface area contributed by atoms with Crippen LogP contribution in [0.1, 0.15) is 24.5 Å². The van der Waals surface area contributed by atoms with Crippen molar-refractivity contribution in [2.24, 2.45) is 11.1 Å². The third kappa shape index (κ3) is 2.69. The monoisotopic (exact) mass is 358 g/mol. The number of anilines is 1. The highest BCUT2D eigenvalue weighted by molar-refractivity contribution is 6.31. The summed E-state index contributed by atoms with van der Waals surface area (Å²) in [7, 11) is 0. The lowest BCUT2D eigenvalue weighted by atomic mass is 9.83. The molecule has 2 atom stereocenters. The number of carboxylic acid groups (broad SMARTS) is 1. The Hall–Kier alpha value is -2.37. The largest absolute Gasteiger partial charge is 0.480 e. The topological polar surface area (TPSA) is 92.4 Å². The van der Waals surface area contributed by atoms with Crippen molar-refractivity contribution in [3.63, 3.8) is 0 Å². The van der Waals surface area contributed by atoms with E-state index in [4.69, 9.17) is 17.3 Å². The first-order valence-electron chi connectivity index (χ1n) is 7.94. The Labute approximate surface area is 150 Å². The van der Waals surface area contributed by atoms with E-state index in [-0.39, 0.29) is 0 Å². The molecular weight excluding hydrogens is 340 g/mol. The van der Waals surface area contributed by atoms with Crippen LogP contribution in [-0.4, -0.2) is 17.0 Å². The molecule has 1 saturated carbocycles. The zero-order valence-electron chi connectivity index (χ0n) is 13.8. The maximum atomic E-state index is 11.9. The van der Waals surface area contributed by atoms with Crippen molar-refractivity contribution in [3.8, 4) is 0 Å². The van der Waals surface area contributed by atoms with Gasteiger partial charge in [-0.15, -0.1) is 0 Å². The van der Waals surface area contributed by atoms with Gasteiger partial charge in [0.1, 0.15) is 0 Å². The number of carboxylic acids is 1. The number of rotatable bonds is 2. The third-order valence-corrected chi connectivity index (χ3v) is 5.33. The van der Waals surface area contributed by atoms with Gasteiger partial charge in [-0.1, -0.05) is 48.9 Å². The quantitative estimate of drug-likeness (QED) is 0.719. The predicted octanol–water partition coefficient (Wildman–Crippen LogP) is 3.17. The number of nitrogens with two attached hydrogens (primary N) is 1. The predicted molar refractivity (Wildman–Crippen MR) is 96.5 cm³/mol. The Balaban J connectivity index is 0.000000192. The van der Waals surface area contributed by atoms with Crippen molar-refractivity contribution in [2.75, 3.05) is 5.32 Å². The van der Waals surface area contributed by atoms with Crippen LogP contribution in [0.5, 0.6) is 0 Å². The molecule has 25 heavy (non-hydrogen) atoms. The molecule has 2 aromatic rings. The summed E-state index contributed by atoms with van der Waals surface area (Å²) in [4.78, 5) is 23.3. The van der Waals surface area contributed by atoms with Gasteiger partial charge in [0.25, 0.3) is 0 Å². The van der Waals surface area contributed by atoms with E-state index in [2.05, 4.69) is 5.32 Å². The van der Waals surface area contributed by atoms with E-state index in [1.54, 1.807) is 25.1 Å². The van der Waals surface area contributed by atoms with Crippen molar-refractivity contribution in [2.45, 2.75) is 25.3 Å². The lowest BCUT2D eigenvalue weighted by Gasteiger charge is -2.27. The Kier molecular flexibility index (Phi) is 4.31. The van der Waals surface area contributed by atoms with Gasteiger partial charge < -0.3 is 16.2 Å². The zero-order valence-corrected chi connectivity index (χ0v) is 14.5. The number of benzene rings is 2. The molecule has 2 aliphatic rings. The number of nitrogens with one attached hydrogen (secondary N) is 1. The number of amides is 1. The second-order valence-corrected chi connectivity index (χ2v) is 6.99. The fraction of sp³-hybridized carbons (Fsp3) is 0.263. The van der Waals surface area contributed by atoms with Crippen LogP contribution in [0.25, 0.3) is 0 Å². The molecule has 5 nitrogen and oxygen atoms in total. The molecular formula is C19H19ClN2O3. The molecule has 0 spiro atoms. The van der Waals surface area contributed by atoms with Crippen LogP contribution in [0.3, 0.4) is 0 Å². The van der Waals surface area contributed by atoms with Gasteiger partial charge in [0.2, 0.25) is 5.91 Å². The van der Waals surface area contributed by atoms with Crippen molar-refractivity contribution in [1.82, 2.24) is 0 Å². The first kappa shape index (κ1) is 17.5. The molecule has 2 aromatic carbocycles.